The molecule has 0 fully saturated rings. The third kappa shape index (κ3) is 4.42. The van der Waals surface area contributed by atoms with E-state index < -0.39 is 29.7 Å². The highest BCUT2D eigenvalue weighted by atomic mass is 79.9. The molecule has 0 radical (unpaired) electrons. The van der Waals surface area contributed by atoms with Crippen molar-refractivity contribution >= 4 is 50.9 Å². The fraction of sp³-hybridized carbons (Fsp3) is 0.150. The van der Waals surface area contributed by atoms with E-state index in [9.17, 15) is 27.9 Å². The lowest BCUT2D eigenvalue weighted by atomic mass is 9.94. The van der Waals surface area contributed by atoms with Gasteiger partial charge in [-0.25, -0.2) is 9.59 Å². The van der Waals surface area contributed by atoms with Crippen LogP contribution in [0.4, 0.5) is 18.9 Å². The number of thiocarbonyl (C=S) groups is 1. The van der Waals surface area contributed by atoms with Gasteiger partial charge in [-0.15, -0.1) is 0 Å². The second kappa shape index (κ2) is 8.31. The first kappa shape index (κ1) is 22.8. The summed E-state index contributed by atoms with van der Waals surface area (Å²) in [7, 11) is 0. The number of anilines is 1. The lowest BCUT2D eigenvalue weighted by Crippen LogP contribution is -2.48. The van der Waals surface area contributed by atoms with Gasteiger partial charge in [0.2, 0.25) is 0 Å². The molecule has 0 amide bonds. The van der Waals surface area contributed by atoms with Crippen molar-refractivity contribution < 1.29 is 33.0 Å². The predicted octanol–water partition coefficient (Wildman–Crippen LogP) is 4.96. The quantitative estimate of drug-likeness (QED) is 0.496. The molecule has 11 heteroatoms. The van der Waals surface area contributed by atoms with E-state index in [1.807, 2.05) is 0 Å². The van der Waals surface area contributed by atoms with Gasteiger partial charge in [-0.05, 0) is 55.0 Å². The van der Waals surface area contributed by atoms with Crippen molar-refractivity contribution in [3.05, 3.63) is 74.9 Å². The number of alkyl halides is 3. The number of aliphatic carboxylic acids is 1. The number of carboxylic acid groups (broad SMARTS) is 2. The van der Waals surface area contributed by atoms with Crippen LogP contribution in [0.5, 0.6) is 0 Å². The van der Waals surface area contributed by atoms with Gasteiger partial charge >= 0.3 is 18.1 Å². The molecule has 0 spiro atoms. The van der Waals surface area contributed by atoms with Crippen molar-refractivity contribution in [3.63, 3.8) is 0 Å². The van der Waals surface area contributed by atoms with Crippen LogP contribution in [0, 0.1) is 0 Å². The van der Waals surface area contributed by atoms with Crippen molar-refractivity contribution in [1.82, 2.24) is 5.32 Å². The van der Waals surface area contributed by atoms with E-state index >= 15 is 0 Å². The molecule has 1 heterocycles. The number of carboxylic acids is 2. The number of carbonyl (C=O) groups is 2. The lowest BCUT2D eigenvalue weighted by Gasteiger charge is -2.37. The molecule has 0 saturated carbocycles. The Morgan fingerprint density at radius 1 is 1.13 bits per heavy atom. The van der Waals surface area contributed by atoms with Gasteiger partial charge in [0.25, 0.3) is 0 Å². The molecule has 3 N–H and O–H groups in total. The first-order valence-electron chi connectivity index (χ1n) is 8.66. The lowest BCUT2D eigenvalue weighted by molar-refractivity contribution is -0.137. The molecule has 3 rings (SSSR count). The van der Waals surface area contributed by atoms with Crippen molar-refractivity contribution in [2.45, 2.75) is 19.1 Å². The van der Waals surface area contributed by atoms with Crippen LogP contribution in [0.3, 0.4) is 0 Å². The zero-order valence-electron chi connectivity index (χ0n) is 15.7. The number of nitrogens with one attached hydrogen (secondary N) is 1. The van der Waals surface area contributed by atoms with E-state index in [-0.39, 0.29) is 27.6 Å². The molecule has 0 saturated heterocycles. The summed E-state index contributed by atoms with van der Waals surface area (Å²) in [4.78, 5) is 24.5. The summed E-state index contributed by atoms with van der Waals surface area (Å²) in [6, 6.07) is 7.54. The fourth-order valence-electron chi connectivity index (χ4n) is 3.28. The Morgan fingerprint density at radius 3 is 2.35 bits per heavy atom. The molecule has 1 aliphatic rings. The minimum absolute atomic E-state index is 0.000959. The molecule has 6 nitrogen and oxygen atoms in total. The van der Waals surface area contributed by atoms with Gasteiger partial charge in [0.1, 0.15) is 0 Å². The average molecular weight is 515 g/mol. The summed E-state index contributed by atoms with van der Waals surface area (Å²) < 4.78 is 39.7. The topological polar surface area (TPSA) is 89.9 Å². The van der Waals surface area contributed by atoms with E-state index in [1.165, 1.54) is 42.2 Å². The molecule has 0 bridgehead atoms. The molecule has 2 aromatic rings. The van der Waals surface area contributed by atoms with Crippen molar-refractivity contribution in [1.29, 1.82) is 0 Å². The molecular weight excluding hydrogens is 501 g/mol. The number of nitrogens with zero attached hydrogens (tertiary/aromatic N) is 1. The molecule has 31 heavy (non-hydrogen) atoms. The SMILES string of the molecule is CC1=C(C(=O)O)C(c2ccc(C(=O)O)cc2Br)NC(=S)N1c1cccc(C(F)(F)F)c1. The number of hydrogen-bond acceptors (Lipinski definition) is 3. The monoisotopic (exact) mass is 514 g/mol. The molecule has 2 aromatic carbocycles. The molecule has 0 aliphatic carbocycles. The molecule has 1 atom stereocenters. The maximum atomic E-state index is 13.1. The summed E-state index contributed by atoms with van der Waals surface area (Å²) in [6.45, 7) is 1.45. The van der Waals surface area contributed by atoms with Crippen LogP contribution < -0.4 is 10.2 Å². The Kier molecular flexibility index (Phi) is 6.10. The number of benzene rings is 2. The van der Waals surface area contributed by atoms with Crippen molar-refractivity contribution in [2.24, 2.45) is 0 Å². The molecule has 1 aliphatic heterocycles. The minimum Gasteiger partial charge on any atom is -0.478 e. The van der Waals surface area contributed by atoms with Gasteiger partial charge in [-0.3, -0.25) is 4.90 Å². The average Bonchev–Trinajstić information content (AvgIpc) is 2.66. The number of rotatable bonds is 4. The third-order valence-corrected chi connectivity index (χ3v) is 5.69. The van der Waals surface area contributed by atoms with Gasteiger partial charge < -0.3 is 15.5 Å². The molecule has 0 aromatic heterocycles. The predicted molar refractivity (Wildman–Crippen MR) is 114 cm³/mol. The van der Waals surface area contributed by atoms with Gasteiger partial charge in [0.05, 0.1) is 22.7 Å². The Bertz CT molecular complexity index is 1130. The fourth-order valence-corrected chi connectivity index (χ4v) is 4.25. The van der Waals surface area contributed by atoms with E-state index in [0.29, 0.717) is 10.0 Å². The highest BCUT2D eigenvalue weighted by Gasteiger charge is 2.37. The third-order valence-electron chi connectivity index (χ3n) is 4.71. The van der Waals surface area contributed by atoms with Gasteiger partial charge in [0.15, 0.2) is 5.11 Å². The molecule has 1 unspecified atom stereocenters. The maximum absolute atomic E-state index is 13.1. The van der Waals surface area contributed by atoms with Crippen LogP contribution in [0.1, 0.15) is 34.5 Å². The summed E-state index contributed by atoms with van der Waals surface area (Å²) >= 11 is 8.61. The molecule has 162 valence electrons. The number of hydrogen-bond donors (Lipinski definition) is 3. The van der Waals surface area contributed by atoms with E-state index in [0.717, 1.165) is 12.1 Å². The number of allylic oxidation sites excluding steroid dienone is 1. The van der Waals surface area contributed by atoms with Crippen molar-refractivity contribution in [2.75, 3.05) is 4.90 Å². The smallest absolute Gasteiger partial charge is 0.416 e. The second-order valence-electron chi connectivity index (χ2n) is 6.61. The number of halogens is 4. The Labute approximate surface area is 188 Å². The van der Waals surface area contributed by atoms with Crippen LogP contribution in [0.15, 0.2) is 58.2 Å². The standard InChI is InChI=1S/C20H14BrF3N2O4S/c1-9-15(18(29)30)16(13-6-5-10(17(27)28)7-14(13)21)25-19(31)26(9)12-4-2-3-11(8-12)20(22,23)24/h2-8,16H,1H3,(H,25,31)(H,27,28)(H,29,30). The zero-order chi connectivity index (χ0) is 23.1. The van der Waals surface area contributed by atoms with Crippen LogP contribution in [0.2, 0.25) is 0 Å². The maximum Gasteiger partial charge on any atom is 0.416 e. The Morgan fingerprint density at radius 2 is 1.81 bits per heavy atom. The second-order valence-corrected chi connectivity index (χ2v) is 7.85. The largest absolute Gasteiger partial charge is 0.478 e. The van der Waals surface area contributed by atoms with Crippen LogP contribution in [-0.4, -0.2) is 27.3 Å². The summed E-state index contributed by atoms with van der Waals surface area (Å²) in [6.07, 6.45) is -4.58. The first-order valence-corrected chi connectivity index (χ1v) is 9.86. The van der Waals surface area contributed by atoms with Crippen molar-refractivity contribution in [3.8, 4) is 0 Å². The first-order chi connectivity index (χ1) is 14.4. The number of aromatic carboxylic acids is 1. The van der Waals surface area contributed by atoms with Crippen LogP contribution in [0.25, 0.3) is 0 Å². The highest BCUT2D eigenvalue weighted by Crippen LogP contribution is 2.38. The van der Waals surface area contributed by atoms with Gasteiger partial charge in [-0.1, -0.05) is 28.1 Å². The highest BCUT2D eigenvalue weighted by molar-refractivity contribution is 9.10. The summed E-state index contributed by atoms with van der Waals surface area (Å²) in [5, 5.41) is 21.8. The zero-order valence-corrected chi connectivity index (χ0v) is 18.1. The Hall–Kier alpha value is -2.92. The van der Waals surface area contributed by atoms with Crippen LogP contribution in [-0.2, 0) is 11.0 Å². The van der Waals surface area contributed by atoms with Crippen LogP contribution >= 0.6 is 28.1 Å². The normalized spacial score (nSPS) is 16.9. The Balaban J connectivity index is 2.13. The van der Waals surface area contributed by atoms with E-state index in [1.54, 1.807) is 0 Å². The van der Waals surface area contributed by atoms with Gasteiger partial charge in [0, 0.05) is 15.9 Å². The van der Waals surface area contributed by atoms with E-state index in [4.69, 9.17) is 17.3 Å². The van der Waals surface area contributed by atoms with Gasteiger partial charge in [-0.2, -0.15) is 13.2 Å². The summed E-state index contributed by atoms with van der Waals surface area (Å²) in [5.41, 5.74) is -0.441. The van der Waals surface area contributed by atoms with E-state index in [2.05, 4.69) is 21.2 Å². The minimum atomic E-state index is -4.58. The summed E-state index contributed by atoms with van der Waals surface area (Å²) in [5.74, 6) is -2.45. The molecular formula is C20H14BrF3N2O4S.